The minimum absolute atomic E-state index is 0.0975. The van der Waals surface area contributed by atoms with Crippen LogP contribution in [0, 0.1) is 5.92 Å². The molecule has 0 radical (unpaired) electrons. The molecule has 1 atom stereocenters. The number of hydrogen-bond donors (Lipinski definition) is 3. The van der Waals surface area contributed by atoms with Gasteiger partial charge in [-0.25, -0.2) is 18.0 Å². The lowest BCUT2D eigenvalue weighted by molar-refractivity contribution is -0.153. The number of carbonyl (C=O) groups is 4. The molecule has 1 aromatic rings. The summed E-state index contributed by atoms with van der Waals surface area (Å²) >= 11 is 0. The fraction of sp³-hybridized carbons (Fsp3) is 0.524. The van der Waals surface area contributed by atoms with Gasteiger partial charge in [-0.3, -0.25) is 9.59 Å². The van der Waals surface area contributed by atoms with E-state index in [2.05, 4.69) is 0 Å². The molecule has 1 aliphatic rings. The number of morpholine rings is 1. The van der Waals surface area contributed by atoms with Crippen LogP contribution in [0.2, 0.25) is 0 Å². The third kappa shape index (κ3) is 6.51. The average Bonchev–Trinajstić information content (AvgIpc) is 2.76. The Morgan fingerprint density at radius 2 is 1.61 bits per heavy atom. The number of aliphatic carboxylic acids is 2. The van der Waals surface area contributed by atoms with E-state index in [1.54, 1.807) is 30.3 Å². The van der Waals surface area contributed by atoms with Gasteiger partial charge in [0.15, 0.2) is 9.84 Å². The summed E-state index contributed by atoms with van der Waals surface area (Å²) in [6, 6.07) is 6.17. The molecule has 1 aromatic carbocycles. The fourth-order valence-electron chi connectivity index (χ4n) is 3.37. The van der Waals surface area contributed by atoms with Crippen LogP contribution >= 0.6 is 0 Å². The van der Waals surface area contributed by atoms with Crippen molar-refractivity contribution in [1.29, 1.82) is 0 Å². The van der Waals surface area contributed by atoms with Gasteiger partial charge in [0, 0.05) is 13.1 Å². The lowest BCUT2D eigenvalue weighted by Crippen LogP contribution is -2.55. The molecule has 1 heterocycles. The largest absolute Gasteiger partial charge is 0.479 e. The lowest BCUT2D eigenvalue weighted by Gasteiger charge is -2.34. The zero-order valence-electron chi connectivity index (χ0n) is 18.4. The Morgan fingerprint density at radius 3 is 2.12 bits per heavy atom. The molecular formula is C21H28N2O9S. The van der Waals surface area contributed by atoms with Crippen LogP contribution in [-0.4, -0.2) is 90.1 Å². The molecule has 182 valence electrons. The molecule has 1 fully saturated rings. The second kappa shape index (κ2) is 10.8. The summed E-state index contributed by atoms with van der Waals surface area (Å²) in [6.07, 6.45) is -0.0975. The zero-order chi connectivity index (χ0) is 24.8. The number of sulfone groups is 1. The van der Waals surface area contributed by atoms with E-state index in [0.717, 1.165) is 0 Å². The Kier molecular flexibility index (Phi) is 8.56. The summed E-state index contributed by atoms with van der Waals surface area (Å²) in [6.45, 7) is 3.57. The van der Waals surface area contributed by atoms with E-state index in [1.165, 1.54) is 18.7 Å². The number of carbonyl (C=O) groups excluding carboxylic acids is 2. The number of carboxylic acid groups (broad SMARTS) is 2. The number of benzene rings is 1. The summed E-state index contributed by atoms with van der Waals surface area (Å²) in [4.78, 5) is 49.6. The van der Waals surface area contributed by atoms with Crippen molar-refractivity contribution in [3.63, 3.8) is 0 Å². The molecule has 0 bridgehead atoms. The second-order valence-corrected chi connectivity index (χ2v) is 10.8. The van der Waals surface area contributed by atoms with Crippen LogP contribution < -0.4 is 5.32 Å². The topological polar surface area (TPSA) is 167 Å². The molecule has 0 spiro atoms. The molecule has 0 unspecified atom stereocenters. The molecule has 0 saturated carbocycles. The maximum atomic E-state index is 13.3. The summed E-state index contributed by atoms with van der Waals surface area (Å²) in [7, 11) is -4.24. The summed E-state index contributed by atoms with van der Waals surface area (Å²) < 4.78 is 29.9. The first-order valence-corrected chi connectivity index (χ1v) is 11.9. The van der Waals surface area contributed by atoms with Crippen LogP contribution in [-0.2, 0) is 40.2 Å². The maximum absolute atomic E-state index is 13.3. The lowest BCUT2D eigenvalue weighted by atomic mass is 10.00. The van der Waals surface area contributed by atoms with Crippen molar-refractivity contribution >= 4 is 33.6 Å². The summed E-state index contributed by atoms with van der Waals surface area (Å²) in [5.74, 6) is -7.36. The molecule has 12 heteroatoms. The van der Waals surface area contributed by atoms with E-state index in [1.807, 2.05) is 5.32 Å². The second-order valence-electron chi connectivity index (χ2n) is 8.20. The van der Waals surface area contributed by atoms with E-state index in [9.17, 15) is 27.6 Å². The highest BCUT2D eigenvalue weighted by molar-refractivity contribution is 7.93. The predicted octanol–water partition coefficient (Wildman–Crippen LogP) is -0.448. The minimum Gasteiger partial charge on any atom is -0.479 e. The summed E-state index contributed by atoms with van der Waals surface area (Å²) in [5.41, 5.74) is 0.590. The van der Waals surface area contributed by atoms with Gasteiger partial charge in [-0.1, -0.05) is 30.3 Å². The molecule has 2 amide bonds. The Hall–Kier alpha value is -2.99. The molecule has 1 saturated heterocycles. The van der Waals surface area contributed by atoms with Crippen LogP contribution in [0.5, 0.6) is 0 Å². The van der Waals surface area contributed by atoms with Crippen LogP contribution in [0.15, 0.2) is 30.3 Å². The molecule has 1 aliphatic heterocycles. The van der Waals surface area contributed by atoms with E-state index < -0.39 is 56.0 Å². The van der Waals surface area contributed by atoms with Crippen molar-refractivity contribution in [3.8, 4) is 0 Å². The van der Waals surface area contributed by atoms with E-state index in [-0.39, 0.29) is 32.7 Å². The Morgan fingerprint density at radius 1 is 1.06 bits per heavy atom. The predicted molar refractivity (Wildman–Crippen MR) is 116 cm³/mol. The Labute approximate surface area is 191 Å². The smallest absolute Gasteiger partial charge is 0.338 e. The number of hydrogen-bond acceptors (Lipinski definition) is 7. The fourth-order valence-corrected chi connectivity index (χ4v) is 4.98. The Bertz CT molecular complexity index is 972. The standard InChI is InChI=1S/C21H28N2O9S/c1-21(2,20(29)23-8-10-32-11-9-23)33(30,31)13-15(12-14-6-4-3-5-7-14)17(24)22-16(18(25)26)19(27)28/h3-7,15-16H,8-13H2,1-2H3,(H,22,24)(H,25,26)(H,27,28)/t15-/m1/s1. The SMILES string of the molecule is CC(C)(C(=O)N1CCOCC1)S(=O)(=O)C[C@@H](Cc1ccccc1)C(=O)NC(C(=O)O)C(=O)O. The van der Waals surface area contributed by atoms with E-state index >= 15 is 0 Å². The first-order valence-electron chi connectivity index (χ1n) is 10.3. The van der Waals surface area contributed by atoms with Crippen molar-refractivity contribution in [2.45, 2.75) is 31.1 Å². The van der Waals surface area contributed by atoms with E-state index in [4.69, 9.17) is 14.9 Å². The van der Waals surface area contributed by atoms with Crippen LogP contribution in [0.3, 0.4) is 0 Å². The molecule has 33 heavy (non-hydrogen) atoms. The highest BCUT2D eigenvalue weighted by atomic mass is 32.2. The molecule has 2 rings (SSSR count). The number of amides is 2. The maximum Gasteiger partial charge on any atom is 0.338 e. The zero-order valence-corrected chi connectivity index (χ0v) is 19.2. The van der Waals surface area contributed by atoms with Gasteiger partial charge in [-0.05, 0) is 25.8 Å². The van der Waals surface area contributed by atoms with Crippen molar-refractivity contribution in [3.05, 3.63) is 35.9 Å². The molecule has 0 aromatic heterocycles. The summed E-state index contributed by atoms with van der Waals surface area (Å²) in [5, 5.41) is 20.0. The number of nitrogens with zero attached hydrogens (tertiary/aromatic N) is 1. The van der Waals surface area contributed by atoms with Gasteiger partial charge in [0.05, 0.1) is 24.9 Å². The minimum atomic E-state index is -4.24. The monoisotopic (exact) mass is 484 g/mol. The van der Waals surface area contributed by atoms with Crippen LogP contribution in [0.1, 0.15) is 19.4 Å². The van der Waals surface area contributed by atoms with Gasteiger partial charge in [0.1, 0.15) is 4.75 Å². The van der Waals surface area contributed by atoms with Crippen LogP contribution in [0.4, 0.5) is 0 Å². The highest BCUT2D eigenvalue weighted by Gasteiger charge is 2.46. The number of rotatable bonds is 10. The third-order valence-electron chi connectivity index (χ3n) is 5.49. The van der Waals surface area contributed by atoms with Gasteiger partial charge in [-0.15, -0.1) is 0 Å². The first-order chi connectivity index (χ1) is 15.4. The molecular weight excluding hydrogens is 456 g/mol. The Balaban J connectivity index is 2.31. The molecule has 0 aliphatic carbocycles. The van der Waals surface area contributed by atoms with Crippen molar-refractivity contribution in [2.75, 3.05) is 32.1 Å². The average molecular weight is 485 g/mol. The normalized spacial score (nSPS) is 15.7. The van der Waals surface area contributed by atoms with Gasteiger partial charge < -0.3 is 25.2 Å². The van der Waals surface area contributed by atoms with Crippen molar-refractivity contribution < 1.29 is 42.5 Å². The number of nitrogens with one attached hydrogen (secondary N) is 1. The number of ether oxygens (including phenoxy) is 1. The number of carboxylic acids is 2. The van der Waals surface area contributed by atoms with Crippen molar-refractivity contribution in [2.24, 2.45) is 5.92 Å². The molecule has 3 N–H and O–H groups in total. The van der Waals surface area contributed by atoms with E-state index in [0.29, 0.717) is 5.56 Å². The first kappa shape index (κ1) is 26.3. The van der Waals surface area contributed by atoms with Gasteiger partial charge in [0.2, 0.25) is 17.9 Å². The highest BCUT2D eigenvalue weighted by Crippen LogP contribution is 2.25. The third-order valence-corrected chi connectivity index (χ3v) is 8.06. The quantitative estimate of drug-likeness (QED) is 0.373. The van der Waals surface area contributed by atoms with Crippen LogP contribution in [0.25, 0.3) is 0 Å². The molecule has 11 nitrogen and oxygen atoms in total. The van der Waals surface area contributed by atoms with Crippen molar-refractivity contribution in [1.82, 2.24) is 10.2 Å². The van der Waals surface area contributed by atoms with Gasteiger partial charge >= 0.3 is 11.9 Å². The van der Waals surface area contributed by atoms with Gasteiger partial charge in [0.25, 0.3) is 0 Å². The van der Waals surface area contributed by atoms with Gasteiger partial charge in [-0.2, -0.15) is 0 Å².